The van der Waals surface area contributed by atoms with Crippen LogP contribution in [0.5, 0.6) is 11.8 Å². The van der Waals surface area contributed by atoms with Crippen LogP contribution in [0, 0.1) is 6.92 Å². The number of halogens is 1. The lowest BCUT2D eigenvalue weighted by atomic mass is 10.1. The normalized spacial score (nSPS) is 11.2. The van der Waals surface area contributed by atoms with Crippen LogP contribution in [0.1, 0.15) is 22.5 Å². The fourth-order valence-corrected chi connectivity index (χ4v) is 4.53. The van der Waals surface area contributed by atoms with Gasteiger partial charge in [-0.1, -0.05) is 41.9 Å². The lowest BCUT2D eigenvalue weighted by molar-refractivity contribution is 0.442. The van der Waals surface area contributed by atoms with Crippen LogP contribution < -0.4 is 10.1 Å². The van der Waals surface area contributed by atoms with Crippen LogP contribution >= 0.6 is 11.6 Å². The zero-order valence-corrected chi connectivity index (χ0v) is 22.3. The van der Waals surface area contributed by atoms with E-state index in [-0.39, 0.29) is 0 Å². The maximum atomic E-state index is 5.97. The largest absolute Gasteiger partial charge is 0.424 e. The Morgan fingerprint density at radius 2 is 1.64 bits per heavy atom. The molecular weight excluding hydrogens is 510 g/mol. The molecule has 0 aliphatic rings. The number of fused-ring (bicyclic) bond motifs is 1. The first-order valence-corrected chi connectivity index (χ1v) is 12.9. The monoisotopic (exact) mass is 535 g/mol. The van der Waals surface area contributed by atoms with E-state index in [1.165, 1.54) is 5.56 Å². The SMILES string of the molecule is Cc1cc(Cc2ccc3nc(NCc4ccc(Oc5ncc(-c6ccc(Cl)cc6)cn5)cc4)n(C)c3c2)n[nH]1. The highest BCUT2D eigenvalue weighted by atomic mass is 35.5. The van der Waals surface area contributed by atoms with E-state index >= 15 is 0 Å². The number of aryl methyl sites for hydroxylation is 2. The lowest BCUT2D eigenvalue weighted by Gasteiger charge is -2.08. The molecule has 39 heavy (non-hydrogen) atoms. The summed E-state index contributed by atoms with van der Waals surface area (Å²) in [5.41, 5.74) is 8.31. The van der Waals surface area contributed by atoms with E-state index in [1.54, 1.807) is 12.4 Å². The molecule has 0 spiro atoms. The first-order valence-electron chi connectivity index (χ1n) is 12.5. The van der Waals surface area contributed by atoms with Gasteiger partial charge in [-0.05, 0) is 66.1 Å². The van der Waals surface area contributed by atoms with Gasteiger partial charge >= 0.3 is 6.01 Å². The third-order valence-electron chi connectivity index (χ3n) is 6.48. The van der Waals surface area contributed by atoms with E-state index in [4.69, 9.17) is 21.3 Å². The molecule has 8 nitrogen and oxygen atoms in total. The van der Waals surface area contributed by atoms with E-state index in [0.29, 0.717) is 23.3 Å². The minimum atomic E-state index is 0.292. The number of nitrogens with one attached hydrogen (secondary N) is 2. The summed E-state index contributed by atoms with van der Waals surface area (Å²) in [6.07, 6.45) is 4.25. The van der Waals surface area contributed by atoms with E-state index in [2.05, 4.69) is 54.3 Å². The van der Waals surface area contributed by atoms with Gasteiger partial charge in [0.05, 0.1) is 16.7 Å². The Morgan fingerprint density at radius 1 is 0.897 bits per heavy atom. The number of hydrogen-bond donors (Lipinski definition) is 2. The summed E-state index contributed by atoms with van der Waals surface area (Å²) in [5.74, 6) is 1.48. The second-order valence-electron chi connectivity index (χ2n) is 9.40. The van der Waals surface area contributed by atoms with Gasteiger partial charge in [-0.25, -0.2) is 15.0 Å². The highest BCUT2D eigenvalue weighted by Gasteiger charge is 2.10. The Hall–Kier alpha value is -4.69. The highest BCUT2D eigenvalue weighted by molar-refractivity contribution is 6.30. The summed E-state index contributed by atoms with van der Waals surface area (Å²) in [6, 6.07) is 24.1. The maximum Gasteiger partial charge on any atom is 0.321 e. The van der Waals surface area contributed by atoms with Gasteiger partial charge in [-0.3, -0.25) is 5.10 Å². The van der Waals surface area contributed by atoms with E-state index in [9.17, 15) is 0 Å². The third kappa shape index (κ3) is 5.61. The summed E-state index contributed by atoms with van der Waals surface area (Å²) >= 11 is 5.97. The number of nitrogens with zero attached hydrogens (tertiary/aromatic N) is 5. The topological polar surface area (TPSA) is 93.5 Å². The molecule has 0 bridgehead atoms. The molecule has 0 aliphatic heterocycles. The molecule has 0 atom stereocenters. The number of aromatic amines is 1. The average molecular weight is 536 g/mol. The standard InChI is InChI=1S/C30H26ClN7O/c1-19-13-25(37-36-19)14-21-5-12-27-28(15-21)38(2)29(35-27)32-16-20-3-10-26(11-4-20)39-30-33-17-23(18-34-30)22-6-8-24(31)9-7-22/h3-13,15,17-18H,14,16H2,1-2H3,(H,32,35)(H,36,37). The van der Waals surface area contributed by atoms with Gasteiger partial charge < -0.3 is 14.6 Å². The molecule has 0 radical (unpaired) electrons. The van der Waals surface area contributed by atoms with Crippen LogP contribution in [0.4, 0.5) is 5.95 Å². The van der Waals surface area contributed by atoms with Crippen molar-refractivity contribution in [2.75, 3.05) is 5.32 Å². The molecule has 0 fully saturated rings. The van der Waals surface area contributed by atoms with Gasteiger partial charge in [0.15, 0.2) is 0 Å². The molecule has 3 heterocycles. The Bertz CT molecular complexity index is 1720. The van der Waals surface area contributed by atoms with Gasteiger partial charge in [0.25, 0.3) is 0 Å². The molecule has 0 saturated carbocycles. The van der Waals surface area contributed by atoms with Crippen LogP contribution in [0.2, 0.25) is 5.02 Å². The zero-order valence-electron chi connectivity index (χ0n) is 21.5. The minimum absolute atomic E-state index is 0.292. The van der Waals surface area contributed by atoms with Crippen molar-refractivity contribution in [2.45, 2.75) is 19.9 Å². The van der Waals surface area contributed by atoms with Crippen LogP contribution in [0.25, 0.3) is 22.2 Å². The molecule has 3 aromatic heterocycles. The van der Waals surface area contributed by atoms with Crippen LogP contribution in [-0.4, -0.2) is 29.7 Å². The second-order valence-corrected chi connectivity index (χ2v) is 9.83. The molecule has 0 aliphatic carbocycles. The number of anilines is 1. The summed E-state index contributed by atoms with van der Waals surface area (Å²) in [5, 5.41) is 11.5. The molecule has 2 N–H and O–H groups in total. The minimum Gasteiger partial charge on any atom is -0.424 e. The molecule has 6 aromatic rings. The molecule has 9 heteroatoms. The number of benzene rings is 3. The summed E-state index contributed by atoms with van der Waals surface area (Å²) in [7, 11) is 2.02. The van der Waals surface area contributed by atoms with Gasteiger partial charge in [0.1, 0.15) is 5.75 Å². The van der Waals surface area contributed by atoms with Crippen molar-refractivity contribution in [1.82, 2.24) is 29.7 Å². The van der Waals surface area contributed by atoms with Crippen LogP contribution in [-0.2, 0) is 20.0 Å². The molecule has 0 amide bonds. The van der Waals surface area contributed by atoms with Gasteiger partial charge in [-0.2, -0.15) is 5.10 Å². The van der Waals surface area contributed by atoms with Crippen molar-refractivity contribution in [3.8, 4) is 22.9 Å². The van der Waals surface area contributed by atoms with Crippen molar-refractivity contribution in [2.24, 2.45) is 7.05 Å². The lowest BCUT2D eigenvalue weighted by Crippen LogP contribution is -2.05. The number of rotatable bonds is 8. The zero-order chi connectivity index (χ0) is 26.8. The predicted octanol–water partition coefficient (Wildman–Crippen LogP) is 6.71. The Kier molecular flexibility index (Phi) is 6.69. The Morgan fingerprint density at radius 3 is 2.36 bits per heavy atom. The van der Waals surface area contributed by atoms with Crippen molar-refractivity contribution < 1.29 is 4.74 Å². The second kappa shape index (κ2) is 10.6. The van der Waals surface area contributed by atoms with E-state index < -0.39 is 0 Å². The number of imidazole rings is 1. The Balaban J connectivity index is 1.08. The molecule has 6 rings (SSSR count). The molecule has 194 valence electrons. The third-order valence-corrected chi connectivity index (χ3v) is 6.73. The van der Waals surface area contributed by atoms with Crippen molar-refractivity contribution in [3.05, 3.63) is 113 Å². The maximum absolute atomic E-state index is 5.97. The van der Waals surface area contributed by atoms with Crippen molar-refractivity contribution in [3.63, 3.8) is 0 Å². The predicted molar refractivity (Wildman–Crippen MR) is 153 cm³/mol. The number of ether oxygens (including phenoxy) is 1. The number of hydrogen-bond acceptors (Lipinski definition) is 6. The van der Waals surface area contributed by atoms with E-state index in [1.807, 2.05) is 62.5 Å². The summed E-state index contributed by atoms with van der Waals surface area (Å²) in [4.78, 5) is 13.4. The highest BCUT2D eigenvalue weighted by Crippen LogP contribution is 2.24. The average Bonchev–Trinajstić information content (AvgIpc) is 3.51. The number of aromatic nitrogens is 6. The quantitative estimate of drug-likeness (QED) is 0.225. The van der Waals surface area contributed by atoms with Crippen LogP contribution in [0.3, 0.4) is 0 Å². The molecular formula is C30H26ClN7O. The molecule has 0 unspecified atom stereocenters. The van der Waals surface area contributed by atoms with Crippen molar-refractivity contribution in [1.29, 1.82) is 0 Å². The first kappa shape index (κ1) is 24.6. The first-order chi connectivity index (χ1) is 19.0. The van der Waals surface area contributed by atoms with Gasteiger partial charge in [-0.15, -0.1) is 0 Å². The molecule has 0 saturated heterocycles. The smallest absolute Gasteiger partial charge is 0.321 e. The van der Waals surface area contributed by atoms with Gasteiger partial charge in [0.2, 0.25) is 5.95 Å². The fourth-order valence-electron chi connectivity index (χ4n) is 4.40. The summed E-state index contributed by atoms with van der Waals surface area (Å²) in [6.45, 7) is 2.64. The van der Waals surface area contributed by atoms with Crippen molar-refractivity contribution >= 4 is 28.6 Å². The fraction of sp³-hybridized carbons (Fsp3) is 0.133. The van der Waals surface area contributed by atoms with Crippen LogP contribution in [0.15, 0.2) is 85.2 Å². The number of H-pyrrole nitrogens is 1. The summed E-state index contributed by atoms with van der Waals surface area (Å²) < 4.78 is 7.91. The van der Waals surface area contributed by atoms with Gasteiger partial charge in [0, 0.05) is 48.7 Å². The molecule has 3 aromatic carbocycles. The Labute approximate surface area is 230 Å². The van der Waals surface area contributed by atoms with E-state index in [0.717, 1.165) is 51.5 Å².